The molecule has 2 aromatic heterocycles. The second kappa shape index (κ2) is 4.02. The van der Waals surface area contributed by atoms with Gasteiger partial charge in [-0.2, -0.15) is 5.10 Å². The van der Waals surface area contributed by atoms with Gasteiger partial charge in [0, 0.05) is 18.3 Å². The van der Waals surface area contributed by atoms with Gasteiger partial charge in [-0.15, -0.1) is 0 Å². The Hall–Kier alpha value is -2.57. The Labute approximate surface area is 99.9 Å². The van der Waals surface area contributed by atoms with Crippen LogP contribution < -0.4 is 5.32 Å². The minimum atomic E-state index is -0.947. The average Bonchev–Trinajstić information content (AvgIpc) is 2.84. The van der Waals surface area contributed by atoms with Crippen molar-refractivity contribution in [2.75, 3.05) is 5.32 Å². The Morgan fingerprint density at radius 2 is 1.83 bits per heavy atom. The molecule has 3 rings (SSSR count). The SMILES string of the molecule is Fc1cc2ncc(Nc3cn[nH]c3)nc2cc1F. The van der Waals surface area contributed by atoms with E-state index in [1.165, 1.54) is 6.20 Å². The molecule has 0 unspecified atom stereocenters. The number of hydrogen-bond donors (Lipinski definition) is 2. The zero-order valence-corrected chi connectivity index (χ0v) is 8.98. The summed E-state index contributed by atoms with van der Waals surface area (Å²) in [6.45, 7) is 0. The molecule has 0 aliphatic heterocycles. The van der Waals surface area contributed by atoms with Crippen LogP contribution in [0.2, 0.25) is 0 Å². The molecule has 5 nitrogen and oxygen atoms in total. The molecule has 0 spiro atoms. The van der Waals surface area contributed by atoms with E-state index in [0.717, 1.165) is 12.1 Å². The quantitative estimate of drug-likeness (QED) is 0.729. The zero-order valence-electron chi connectivity index (χ0n) is 8.98. The van der Waals surface area contributed by atoms with Crippen molar-refractivity contribution >= 4 is 22.5 Å². The minimum Gasteiger partial charge on any atom is -0.336 e. The number of nitrogens with zero attached hydrogens (tertiary/aromatic N) is 3. The van der Waals surface area contributed by atoms with Crippen LogP contribution in [0, 0.1) is 11.6 Å². The lowest BCUT2D eigenvalue weighted by atomic mass is 10.3. The number of aromatic amines is 1. The van der Waals surface area contributed by atoms with E-state index in [2.05, 4.69) is 25.5 Å². The van der Waals surface area contributed by atoms with Gasteiger partial charge in [0.2, 0.25) is 0 Å². The van der Waals surface area contributed by atoms with Crippen molar-refractivity contribution in [1.82, 2.24) is 20.2 Å². The third-order valence-corrected chi connectivity index (χ3v) is 2.35. The van der Waals surface area contributed by atoms with Gasteiger partial charge in [0.15, 0.2) is 11.6 Å². The van der Waals surface area contributed by atoms with Crippen molar-refractivity contribution in [3.8, 4) is 0 Å². The summed E-state index contributed by atoms with van der Waals surface area (Å²) >= 11 is 0. The fraction of sp³-hybridized carbons (Fsp3) is 0. The fourth-order valence-corrected chi connectivity index (χ4v) is 1.54. The minimum absolute atomic E-state index is 0.280. The lowest BCUT2D eigenvalue weighted by Crippen LogP contribution is -1.96. The molecule has 1 aromatic carbocycles. The Morgan fingerprint density at radius 1 is 1.06 bits per heavy atom. The van der Waals surface area contributed by atoms with Crippen molar-refractivity contribution in [3.05, 3.63) is 42.4 Å². The average molecular weight is 247 g/mol. The summed E-state index contributed by atoms with van der Waals surface area (Å²) in [5.74, 6) is -1.46. The highest BCUT2D eigenvalue weighted by molar-refractivity contribution is 5.76. The molecular weight excluding hydrogens is 240 g/mol. The summed E-state index contributed by atoms with van der Waals surface area (Å²) in [5, 5.41) is 9.32. The van der Waals surface area contributed by atoms with E-state index in [0.29, 0.717) is 17.0 Å². The monoisotopic (exact) mass is 247 g/mol. The molecule has 2 heterocycles. The maximum absolute atomic E-state index is 13.1. The predicted octanol–water partition coefficient (Wildman–Crippen LogP) is 2.37. The van der Waals surface area contributed by atoms with Gasteiger partial charge in [-0.25, -0.2) is 13.8 Å². The summed E-state index contributed by atoms with van der Waals surface area (Å²) in [4.78, 5) is 8.13. The second-order valence-corrected chi connectivity index (χ2v) is 3.62. The largest absolute Gasteiger partial charge is 0.336 e. The third kappa shape index (κ3) is 1.86. The van der Waals surface area contributed by atoms with Crippen LogP contribution in [0.1, 0.15) is 0 Å². The van der Waals surface area contributed by atoms with Crippen molar-refractivity contribution in [1.29, 1.82) is 0 Å². The lowest BCUT2D eigenvalue weighted by Gasteiger charge is -2.03. The predicted molar refractivity (Wildman–Crippen MR) is 61.3 cm³/mol. The molecule has 90 valence electrons. The van der Waals surface area contributed by atoms with E-state index in [9.17, 15) is 8.78 Å². The van der Waals surface area contributed by atoms with Crippen LogP contribution in [0.25, 0.3) is 11.0 Å². The number of nitrogens with one attached hydrogen (secondary N) is 2. The van der Waals surface area contributed by atoms with Crippen molar-refractivity contribution in [3.63, 3.8) is 0 Å². The van der Waals surface area contributed by atoms with Crippen LogP contribution in [-0.4, -0.2) is 20.2 Å². The van der Waals surface area contributed by atoms with Crippen molar-refractivity contribution in [2.45, 2.75) is 0 Å². The van der Waals surface area contributed by atoms with Gasteiger partial charge in [-0.05, 0) is 0 Å². The van der Waals surface area contributed by atoms with Crippen molar-refractivity contribution in [2.24, 2.45) is 0 Å². The first-order valence-corrected chi connectivity index (χ1v) is 5.10. The van der Waals surface area contributed by atoms with Gasteiger partial charge in [0.1, 0.15) is 5.82 Å². The van der Waals surface area contributed by atoms with E-state index in [4.69, 9.17) is 0 Å². The molecule has 0 aliphatic carbocycles. The van der Waals surface area contributed by atoms with Gasteiger partial charge in [0.05, 0.1) is 29.1 Å². The highest BCUT2D eigenvalue weighted by Crippen LogP contribution is 2.18. The summed E-state index contributed by atoms with van der Waals surface area (Å²) in [5.41, 5.74) is 1.28. The third-order valence-electron chi connectivity index (χ3n) is 2.35. The van der Waals surface area contributed by atoms with Gasteiger partial charge >= 0.3 is 0 Å². The van der Waals surface area contributed by atoms with Gasteiger partial charge in [-0.3, -0.25) is 10.1 Å². The van der Waals surface area contributed by atoms with Crippen LogP contribution in [0.5, 0.6) is 0 Å². The van der Waals surface area contributed by atoms with Crippen LogP contribution in [0.15, 0.2) is 30.7 Å². The molecule has 0 saturated heterocycles. The number of benzene rings is 1. The number of rotatable bonds is 2. The molecule has 0 atom stereocenters. The Morgan fingerprint density at radius 3 is 2.56 bits per heavy atom. The maximum Gasteiger partial charge on any atom is 0.161 e. The Kier molecular flexibility index (Phi) is 2.36. The van der Waals surface area contributed by atoms with Crippen LogP contribution in [0.3, 0.4) is 0 Å². The molecule has 0 fully saturated rings. The summed E-state index contributed by atoms with van der Waals surface area (Å²) in [6, 6.07) is 2.03. The number of hydrogen-bond acceptors (Lipinski definition) is 4. The molecule has 7 heteroatoms. The molecule has 2 N–H and O–H groups in total. The molecule has 0 aliphatic rings. The van der Waals surface area contributed by atoms with Crippen LogP contribution in [0.4, 0.5) is 20.3 Å². The molecule has 0 bridgehead atoms. The first-order valence-electron chi connectivity index (χ1n) is 5.10. The van der Waals surface area contributed by atoms with Gasteiger partial charge in [0.25, 0.3) is 0 Å². The normalized spacial score (nSPS) is 10.8. The summed E-state index contributed by atoms with van der Waals surface area (Å²) in [6.07, 6.45) is 4.64. The summed E-state index contributed by atoms with van der Waals surface area (Å²) < 4.78 is 26.1. The molecule has 0 radical (unpaired) electrons. The lowest BCUT2D eigenvalue weighted by molar-refractivity contribution is 0.510. The van der Waals surface area contributed by atoms with E-state index in [1.54, 1.807) is 12.4 Å². The number of halogens is 2. The molecule has 0 saturated carbocycles. The topological polar surface area (TPSA) is 66.5 Å². The Bertz CT molecular complexity index is 696. The van der Waals surface area contributed by atoms with E-state index in [-0.39, 0.29) is 5.52 Å². The van der Waals surface area contributed by atoms with Gasteiger partial charge < -0.3 is 5.32 Å². The van der Waals surface area contributed by atoms with Crippen molar-refractivity contribution < 1.29 is 8.78 Å². The first-order chi connectivity index (χ1) is 8.72. The highest BCUT2D eigenvalue weighted by atomic mass is 19.2. The van der Waals surface area contributed by atoms with Crippen LogP contribution in [-0.2, 0) is 0 Å². The smallest absolute Gasteiger partial charge is 0.161 e. The number of H-pyrrole nitrogens is 1. The molecular formula is C11H7F2N5. The van der Waals surface area contributed by atoms with Crippen LogP contribution >= 0.6 is 0 Å². The number of anilines is 2. The van der Waals surface area contributed by atoms with Gasteiger partial charge in [-0.1, -0.05) is 0 Å². The fourth-order valence-electron chi connectivity index (χ4n) is 1.54. The maximum atomic E-state index is 13.1. The number of aromatic nitrogens is 4. The zero-order chi connectivity index (χ0) is 12.5. The first kappa shape index (κ1) is 10.6. The Balaban J connectivity index is 2.02. The molecule has 0 amide bonds. The highest BCUT2D eigenvalue weighted by Gasteiger charge is 2.07. The van der Waals surface area contributed by atoms with E-state index in [1.807, 2.05) is 0 Å². The molecule has 18 heavy (non-hydrogen) atoms. The summed E-state index contributed by atoms with van der Waals surface area (Å²) in [7, 11) is 0. The van der Waals surface area contributed by atoms with E-state index >= 15 is 0 Å². The second-order valence-electron chi connectivity index (χ2n) is 3.62. The molecule has 3 aromatic rings. The standard InChI is InChI=1S/C11H7F2N5/c12-7-1-9-10(2-8(7)13)18-11(5-14-9)17-6-3-15-16-4-6/h1-5H,(H,15,16)(H,17,18). The number of fused-ring (bicyclic) bond motifs is 1. The van der Waals surface area contributed by atoms with E-state index < -0.39 is 11.6 Å².